The Bertz CT molecular complexity index is 614. The molecule has 0 saturated heterocycles. The van der Waals surface area contributed by atoms with Crippen LogP contribution in [0.15, 0.2) is 16.7 Å². The Balaban J connectivity index is 2.60. The molecule has 0 aliphatic rings. The van der Waals surface area contributed by atoms with Gasteiger partial charge in [0.05, 0.1) is 0 Å². The van der Waals surface area contributed by atoms with E-state index >= 15 is 0 Å². The minimum Gasteiger partial charge on any atom is -0.330 e. The van der Waals surface area contributed by atoms with Crippen LogP contribution in [0.5, 0.6) is 0 Å². The number of halogens is 1. The van der Waals surface area contributed by atoms with Crippen molar-refractivity contribution in [3.63, 3.8) is 0 Å². The first kappa shape index (κ1) is 14.3. The van der Waals surface area contributed by atoms with Crippen molar-refractivity contribution in [3.8, 4) is 11.3 Å². The lowest BCUT2D eigenvalue weighted by atomic mass is 9.97. The molecule has 0 bridgehead atoms. The summed E-state index contributed by atoms with van der Waals surface area (Å²) >= 11 is 3.64. The van der Waals surface area contributed by atoms with Crippen molar-refractivity contribution in [2.45, 2.75) is 27.2 Å². The van der Waals surface area contributed by atoms with Gasteiger partial charge >= 0.3 is 0 Å². The summed E-state index contributed by atoms with van der Waals surface area (Å²) in [6.45, 7) is 7.06. The summed E-state index contributed by atoms with van der Waals surface area (Å²) in [7, 11) is 2.02. The molecule has 0 aliphatic carbocycles. The Morgan fingerprint density at radius 2 is 1.89 bits per heavy atom. The molecule has 4 heteroatoms. The molecule has 2 N–H and O–H groups in total. The van der Waals surface area contributed by atoms with Gasteiger partial charge in [-0.2, -0.15) is 0 Å². The fourth-order valence-corrected chi connectivity index (χ4v) is 2.77. The Hall–Kier alpha value is -1.13. The second-order valence-electron chi connectivity index (χ2n) is 4.95. The number of rotatable bonds is 3. The van der Waals surface area contributed by atoms with E-state index in [1.807, 2.05) is 7.05 Å². The van der Waals surface area contributed by atoms with E-state index in [9.17, 15) is 0 Å². The highest BCUT2D eigenvalue weighted by Gasteiger charge is 2.16. The third-order valence-electron chi connectivity index (χ3n) is 3.80. The fraction of sp³-hybridized carbons (Fsp3) is 0.400. The fourth-order valence-electron chi connectivity index (χ4n) is 2.26. The highest BCUT2D eigenvalue weighted by Crippen LogP contribution is 2.32. The van der Waals surface area contributed by atoms with Crippen LogP contribution in [0.25, 0.3) is 11.3 Å². The number of imidazole rings is 1. The second kappa shape index (κ2) is 5.47. The zero-order valence-corrected chi connectivity index (χ0v) is 13.5. The zero-order valence-electron chi connectivity index (χ0n) is 11.9. The highest BCUT2D eigenvalue weighted by molar-refractivity contribution is 9.10. The van der Waals surface area contributed by atoms with Gasteiger partial charge in [-0.1, -0.05) is 12.1 Å². The Morgan fingerprint density at radius 1 is 1.21 bits per heavy atom. The summed E-state index contributed by atoms with van der Waals surface area (Å²) in [5.41, 5.74) is 11.8. The van der Waals surface area contributed by atoms with Crippen molar-refractivity contribution in [3.05, 3.63) is 39.3 Å². The summed E-state index contributed by atoms with van der Waals surface area (Å²) < 4.78 is 3.08. The largest absolute Gasteiger partial charge is 0.330 e. The van der Waals surface area contributed by atoms with Crippen molar-refractivity contribution in [1.29, 1.82) is 0 Å². The topological polar surface area (TPSA) is 43.8 Å². The maximum absolute atomic E-state index is 5.63. The van der Waals surface area contributed by atoms with Gasteiger partial charge in [0, 0.05) is 19.0 Å². The van der Waals surface area contributed by atoms with E-state index in [1.165, 1.54) is 22.3 Å². The first-order chi connectivity index (χ1) is 8.97. The normalized spacial score (nSPS) is 11.1. The van der Waals surface area contributed by atoms with Crippen LogP contribution >= 0.6 is 15.9 Å². The predicted octanol–water partition coefficient (Wildman–Crippen LogP) is 3.28. The maximum atomic E-state index is 5.63. The van der Waals surface area contributed by atoms with Crippen LogP contribution in [0, 0.1) is 20.8 Å². The molecule has 19 heavy (non-hydrogen) atoms. The summed E-state index contributed by atoms with van der Waals surface area (Å²) in [6.07, 6.45) is 0.791. The van der Waals surface area contributed by atoms with Crippen molar-refractivity contribution < 1.29 is 0 Å². The summed E-state index contributed by atoms with van der Waals surface area (Å²) in [5, 5.41) is 0. The van der Waals surface area contributed by atoms with E-state index in [-0.39, 0.29) is 0 Å². The highest BCUT2D eigenvalue weighted by atomic mass is 79.9. The van der Waals surface area contributed by atoms with E-state index in [2.05, 4.69) is 53.4 Å². The molecule has 0 fully saturated rings. The summed E-state index contributed by atoms with van der Waals surface area (Å²) in [6, 6.07) is 4.30. The average Bonchev–Trinajstić information content (AvgIpc) is 2.65. The van der Waals surface area contributed by atoms with Gasteiger partial charge in [0.2, 0.25) is 0 Å². The van der Waals surface area contributed by atoms with Crippen LogP contribution in [0.4, 0.5) is 0 Å². The van der Waals surface area contributed by atoms with E-state index in [0.717, 1.165) is 22.5 Å². The Kier molecular flexibility index (Phi) is 4.11. The zero-order chi connectivity index (χ0) is 14.2. The molecular weight excluding hydrogens is 302 g/mol. The molecule has 2 aromatic rings. The molecular formula is C15H20BrN3. The third-order valence-corrected chi connectivity index (χ3v) is 4.71. The van der Waals surface area contributed by atoms with Crippen molar-refractivity contribution >= 4 is 15.9 Å². The molecule has 0 aliphatic heterocycles. The first-order valence-electron chi connectivity index (χ1n) is 6.45. The number of hydrogen-bond acceptors (Lipinski definition) is 2. The molecule has 2 rings (SSSR count). The van der Waals surface area contributed by atoms with Crippen LogP contribution in [0.3, 0.4) is 0 Å². The molecule has 0 amide bonds. The van der Waals surface area contributed by atoms with Gasteiger partial charge in [-0.05, 0) is 59.9 Å². The van der Waals surface area contributed by atoms with Crippen LogP contribution in [0.1, 0.15) is 22.5 Å². The molecule has 1 heterocycles. The number of hydrogen-bond donors (Lipinski definition) is 1. The van der Waals surface area contributed by atoms with E-state index in [0.29, 0.717) is 6.54 Å². The molecule has 0 unspecified atom stereocenters. The smallest absolute Gasteiger partial charge is 0.112 e. The minimum atomic E-state index is 0.614. The molecule has 0 radical (unpaired) electrons. The Labute approximate surface area is 123 Å². The predicted molar refractivity (Wildman–Crippen MR) is 83.3 cm³/mol. The molecule has 3 nitrogen and oxygen atoms in total. The number of nitrogens with zero attached hydrogens (tertiary/aromatic N) is 2. The van der Waals surface area contributed by atoms with Crippen LogP contribution < -0.4 is 5.73 Å². The molecule has 1 aromatic heterocycles. The van der Waals surface area contributed by atoms with Gasteiger partial charge in [0.25, 0.3) is 0 Å². The standard InChI is InChI=1S/C15H20BrN3/c1-9-5-6-12(11(3)10(9)2)14-15(16)19(4)13(18-14)7-8-17/h5-6H,7-8,17H2,1-4H3. The van der Waals surface area contributed by atoms with E-state index in [1.54, 1.807) is 0 Å². The number of nitrogens with two attached hydrogens (primary N) is 1. The number of benzene rings is 1. The van der Waals surface area contributed by atoms with Gasteiger partial charge in [-0.3, -0.25) is 0 Å². The molecule has 0 spiro atoms. The van der Waals surface area contributed by atoms with Crippen LogP contribution in [-0.4, -0.2) is 16.1 Å². The summed E-state index contributed by atoms with van der Waals surface area (Å²) in [4.78, 5) is 4.74. The lowest BCUT2D eigenvalue weighted by Gasteiger charge is -2.09. The molecule has 1 aromatic carbocycles. The lowest BCUT2D eigenvalue weighted by molar-refractivity contribution is 0.767. The summed E-state index contributed by atoms with van der Waals surface area (Å²) in [5.74, 6) is 1.02. The SMILES string of the molecule is Cc1ccc(-c2nc(CCN)n(C)c2Br)c(C)c1C. The monoisotopic (exact) mass is 321 g/mol. The van der Waals surface area contributed by atoms with Gasteiger partial charge in [0.15, 0.2) is 0 Å². The van der Waals surface area contributed by atoms with Crippen molar-refractivity contribution in [2.24, 2.45) is 12.8 Å². The average molecular weight is 322 g/mol. The van der Waals surface area contributed by atoms with E-state index in [4.69, 9.17) is 10.7 Å². The number of aryl methyl sites for hydroxylation is 1. The third kappa shape index (κ3) is 2.47. The van der Waals surface area contributed by atoms with Crippen LogP contribution in [-0.2, 0) is 13.5 Å². The quantitative estimate of drug-likeness (QED) is 0.942. The first-order valence-corrected chi connectivity index (χ1v) is 7.25. The Morgan fingerprint density at radius 3 is 2.53 bits per heavy atom. The minimum absolute atomic E-state index is 0.614. The molecule has 102 valence electrons. The van der Waals surface area contributed by atoms with Crippen molar-refractivity contribution in [1.82, 2.24) is 9.55 Å². The van der Waals surface area contributed by atoms with Gasteiger partial charge in [-0.25, -0.2) is 4.98 Å². The van der Waals surface area contributed by atoms with Gasteiger partial charge in [-0.15, -0.1) is 0 Å². The molecule has 0 atom stereocenters. The van der Waals surface area contributed by atoms with Gasteiger partial charge < -0.3 is 10.3 Å². The maximum Gasteiger partial charge on any atom is 0.112 e. The second-order valence-corrected chi connectivity index (χ2v) is 5.70. The van der Waals surface area contributed by atoms with Crippen molar-refractivity contribution in [2.75, 3.05) is 6.54 Å². The van der Waals surface area contributed by atoms with E-state index < -0.39 is 0 Å². The lowest BCUT2D eigenvalue weighted by Crippen LogP contribution is -2.07. The van der Waals surface area contributed by atoms with Crippen LogP contribution in [0.2, 0.25) is 0 Å². The molecule has 0 saturated carbocycles. The number of aromatic nitrogens is 2. The van der Waals surface area contributed by atoms with Gasteiger partial charge in [0.1, 0.15) is 16.1 Å².